The van der Waals surface area contributed by atoms with Gasteiger partial charge < -0.3 is 10.1 Å². The van der Waals surface area contributed by atoms with E-state index in [1.54, 1.807) is 6.92 Å². The number of ether oxygens (including phenoxy) is 1. The van der Waals surface area contributed by atoms with Crippen LogP contribution >= 0.6 is 11.3 Å². The normalized spacial score (nSPS) is 10.5. The molecule has 1 aromatic heterocycles. The second kappa shape index (κ2) is 5.40. The molecule has 100 valence electrons. The number of benzene rings is 1. The van der Waals surface area contributed by atoms with Crippen molar-refractivity contribution in [3.63, 3.8) is 0 Å². The second-order valence-corrected chi connectivity index (χ2v) is 5.26. The maximum Gasteiger partial charge on any atom is 0.341 e. The van der Waals surface area contributed by atoms with Crippen molar-refractivity contribution in [3.05, 3.63) is 29.3 Å². The van der Waals surface area contributed by atoms with Crippen LogP contribution < -0.4 is 5.32 Å². The highest BCUT2D eigenvalue weighted by atomic mass is 32.1. The molecule has 1 N–H and O–H groups in total. The van der Waals surface area contributed by atoms with Gasteiger partial charge in [0.1, 0.15) is 10.6 Å². The lowest BCUT2D eigenvalue weighted by atomic mass is 10.1. The average Bonchev–Trinajstić information content (AvgIpc) is 2.65. The molecule has 0 bridgehead atoms. The van der Waals surface area contributed by atoms with Crippen LogP contribution in [-0.4, -0.2) is 18.5 Å². The molecule has 2 aromatic rings. The lowest BCUT2D eigenvalue weighted by Gasteiger charge is -2.04. The third-order valence-corrected chi connectivity index (χ3v) is 3.70. The molecule has 19 heavy (non-hydrogen) atoms. The molecule has 1 aromatic carbocycles. The van der Waals surface area contributed by atoms with Gasteiger partial charge in [0.2, 0.25) is 5.91 Å². The summed E-state index contributed by atoms with van der Waals surface area (Å²) in [7, 11) is 0. The standard InChI is InChI=1S/C14H15NO3S/c1-4-18-14(17)12-10-7-8(2)5-6-11(10)19-13(12)15-9(3)16/h5-7H,4H2,1-3H3,(H,15,16). The third kappa shape index (κ3) is 2.76. The van der Waals surface area contributed by atoms with Crippen LogP contribution in [0.15, 0.2) is 18.2 Å². The number of aryl methyl sites for hydroxylation is 1. The van der Waals surface area contributed by atoms with Crippen LogP contribution in [0.2, 0.25) is 0 Å². The Kier molecular flexibility index (Phi) is 3.85. The van der Waals surface area contributed by atoms with Crippen molar-refractivity contribution >= 4 is 38.3 Å². The number of hydrogen-bond donors (Lipinski definition) is 1. The van der Waals surface area contributed by atoms with Gasteiger partial charge in [-0.25, -0.2) is 4.79 Å². The van der Waals surface area contributed by atoms with E-state index < -0.39 is 5.97 Å². The molecule has 0 aliphatic heterocycles. The zero-order valence-electron chi connectivity index (χ0n) is 11.1. The summed E-state index contributed by atoms with van der Waals surface area (Å²) in [5.74, 6) is -0.600. The molecule has 0 spiro atoms. The molecule has 2 rings (SSSR count). The van der Waals surface area contributed by atoms with Gasteiger partial charge in [-0.15, -0.1) is 11.3 Å². The van der Waals surface area contributed by atoms with Crippen LogP contribution in [0.1, 0.15) is 29.8 Å². The zero-order chi connectivity index (χ0) is 14.0. The molecule has 0 radical (unpaired) electrons. The van der Waals surface area contributed by atoms with Gasteiger partial charge in [0.05, 0.1) is 6.61 Å². The molecular weight excluding hydrogens is 262 g/mol. The number of anilines is 1. The molecule has 0 aliphatic carbocycles. The van der Waals surface area contributed by atoms with Gasteiger partial charge in [0.15, 0.2) is 0 Å². The van der Waals surface area contributed by atoms with Gasteiger partial charge in [0.25, 0.3) is 0 Å². The summed E-state index contributed by atoms with van der Waals surface area (Å²) in [4.78, 5) is 23.3. The molecule has 0 saturated heterocycles. The van der Waals surface area contributed by atoms with Gasteiger partial charge in [-0.3, -0.25) is 4.79 Å². The maximum atomic E-state index is 12.1. The molecule has 0 aliphatic rings. The first kappa shape index (κ1) is 13.5. The molecular formula is C14H15NO3S. The number of hydrogen-bond acceptors (Lipinski definition) is 4. The predicted octanol–water partition coefficient (Wildman–Crippen LogP) is 3.34. The van der Waals surface area contributed by atoms with Gasteiger partial charge in [0, 0.05) is 17.0 Å². The van der Waals surface area contributed by atoms with Crippen LogP contribution in [0.3, 0.4) is 0 Å². The summed E-state index contributed by atoms with van der Waals surface area (Å²) in [5.41, 5.74) is 1.51. The lowest BCUT2D eigenvalue weighted by Crippen LogP contribution is -2.10. The fourth-order valence-electron chi connectivity index (χ4n) is 1.87. The van der Waals surface area contributed by atoms with E-state index in [1.165, 1.54) is 18.3 Å². The van der Waals surface area contributed by atoms with Crippen LogP contribution in [-0.2, 0) is 9.53 Å². The van der Waals surface area contributed by atoms with E-state index in [0.29, 0.717) is 17.2 Å². The summed E-state index contributed by atoms with van der Waals surface area (Å²) in [6.45, 7) is 5.45. The van der Waals surface area contributed by atoms with Crippen molar-refractivity contribution in [1.29, 1.82) is 0 Å². The van der Waals surface area contributed by atoms with E-state index in [1.807, 2.05) is 25.1 Å². The van der Waals surface area contributed by atoms with Crippen LogP contribution in [0.4, 0.5) is 5.00 Å². The first-order valence-electron chi connectivity index (χ1n) is 6.00. The number of carbonyl (C=O) groups is 2. The minimum Gasteiger partial charge on any atom is -0.462 e. The molecule has 5 heteroatoms. The Balaban J connectivity index is 2.62. The number of rotatable bonds is 3. The Morgan fingerprint density at radius 3 is 2.74 bits per heavy atom. The number of fused-ring (bicyclic) bond motifs is 1. The summed E-state index contributed by atoms with van der Waals surface area (Å²) in [5, 5.41) is 4.07. The second-order valence-electron chi connectivity index (χ2n) is 4.21. The predicted molar refractivity (Wildman–Crippen MR) is 76.8 cm³/mol. The molecule has 1 heterocycles. The first-order chi connectivity index (χ1) is 9.02. The largest absolute Gasteiger partial charge is 0.462 e. The van der Waals surface area contributed by atoms with E-state index in [2.05, 4.69) is 5.32 Å². The minimum atomic E-state index is -0.400. The highest BCUT2D eigenvalue weighted by Crippen LogP contribution is 2.36. The Morgan fingerprint density at radius 1 is 1.37 bits per heavy atom. The van der Waals surface area contributed by atoms with Gasteiger partial charge in [-0.2, -0.15) is 0 Å². The minimum absolute atomic E-state index is 0.200. The topological polar surface area (TPSA) is 55.4 Å². The summed E-state index contributed by atoms with van der Waals surface area (Å²) < 4.78 is 6.03. The Labute approximate surface area is 115 Å². The van der Waals surface area contributed by atoms with Crippen molar-refractivity contribution in [2.45, 2.75) is 20.8 Å². The fraction of sp³-hybridized carbons (Fsp3) is 0.286. The first-order valence-corrected chi connectivity index (χ1v) is 6.82. The maximum absolute atomic E-state index is 12.1. The Bertz CT molecular complexity index is 645. The van der Waals surface area contributed by atoms with E-state index in [0.717, 1.165) is 15.6 Å². The molecule has 0 saturated carbocycles. The van der Waals surface area contributed by atoms with Crippen molar-refractivity contribution in [1.82, 2.24) is 0 Å². The van der Waals surface area contributed by atoms with E-state index in [9.17, 15) is 9.59 Å². The van der Waals surface area contributed by atoms with Crippen LogP contribution in [0.5, 0.6) is 0 Å². The van der Waals surface area contributed by atoms with E-state index in [-0.39, 0.29) is 5.91 Å². The summed E-state index contributed by atoms with van der Waals surface area (Å²) >= 11 is 1.38. The summed E-state index contributed by atoms with van der Waals surface area (Å²) in [6.07, 6.45) is 0. The molecule has 1 amide bonds. The van der Waals surface area contributed by atoms with Crippen molar-refractivity contribution in [2.24, 2.45) is 0 Å². The Morgan fingerprint density at radius 2 is 2.11 bits per heavy atom. The molecule has 0 unspecified atom stereocenters. The van der Waals surface area contributed by atoms with Crippen LogP contribution in [0, 0.1) is 6.92 Å². The molecule has 0 fully saturated rings. The molecule has 0 atom stereocenters. The van der Waals surface area contributed by atoms with Gasteiger partial charge in [-0.1, -0.05) is 11.6 Å². The Hall–Kier alpha value is -1.88. The number of amides is 1. The summed E-state index contributed by atoms with van der Waals surface area (Å²) in [6, 6.07) is 5.86. The fourth-order valence-corrected chi connectivity index (χ4v) is 2.98. The van der Waals surface area contributed by atoms with E-state index >= 15 is 0 Å². The van der Waals surface area contributed by atoms with Crippen molar-refractivity contribution in [3.8, 4) is 0 Å². The smallest absolute Gasteiger partial charge is 0.341 e. The van der Waals surface area contributed by atoms with Crippen molar-refractivity contribution < 1.29 is 14.3 Å². The number of esters is 1. The van der Waals surface area contributed by atoms with E-state index in [4.69, 9.17) is 4.74 Å². The monoisotopic (exact) mass is 277 g/mol. The van der Waals surface area contributed by atoms with Gasteiger partial charge in [-0.05, 0) is 26.0 Å². The number of nitrogens with one attached hydrogen (secondary N) is 1. The third-order valence-electron chi connectivity index (χ3n) is 2.61. The lowest BCUT2D eigenvalue weighted by molar-refractivity contribution is -0.114. The zero-order valence-corrected chi connectivity index (χ0v) is 11.9. The quantitative estimate of drug-likeness (QED) is 0.875. The highest BCUT2D eigenvalue weighted by Gasteiger charge is 2.20. The number of thiophene rings is 1. The average molecular weight is 277 g/mol. The van der Waals surface area contributed by atoms with Gasteiger partial charge >= 0.3 is 5.97 Å². The SMILES string of the molecule is CCOC(=O)c1c(NC(C)=O)sc2ccc(C)cc12. The van der Waals surface area contributed by atoms with Crippen LogP contribution in [0.25, 0.3) is 10.1 Å². The molecule has 4 nitrogen and oxygen atoms in total. The number of carbonyl (C=O) groups excluding carboxylic acids is 2. The highest BCUT2D eigenvalue weighted by molar-refractivity contribution is 7.23. The van der Waals surface area contributed by atoms with Crippen molar-refractivity contribution in [2.75, 3.05) is 11.9 Å².